The lowest BCUT2D eigenvalue weighted by atomic mass is 9.98. The lowest BCUT2D eigenvalue weighted by Gasteiger charge is -2.11. The van der Waals surface area contributed by atoms with E-state index in [4.69, 9.17) is 4.74 Å². The predicted molar refractivity (Wildman–Crippen MR) is 111 cm³/mol. The molecule has 0 aliphatic carbocycles. The van der Waals surface area contributed by atoms with Crippen LogP contribution in [0.2, 0.25) is 0 Å². The Morgan fingerprint density at radius 2 is 1.41 bits per heavy atom. The number of ether oxygens (including phenoxy) is 1. The molecule has 0 aromatic heterocycles. The molecule has 0 saturated heterocycles. The van der Waals surface area contributed by atoms with Gasteiger partial charge in [0.2, 0.25) is 0 Å². The predicted octanol–water partition coefficient (Wildman–Crippen LogP) is 7.35. The summed E-state index contributed by atoms with van der Waals surface area (Å²) in [5, 5.41) is 0. The van der Waals surface area contributed by atoms with Crippen LogP contribution in [0.3, 0.4) is 0 Å². The quantitative estimate of drug-likeness (QED) is 0.380. The second-order valence-corrected chi connectivity index (χ2v) is 6.79. The molecule has 0 spiro atoms. The van der Waals surface area contributed by atoms with Gasteiger partial charge in [0.15, 0.2) is 17.4 Å². The molecule has 0 fully saturated rings. The first-order valence-electron chi connectivity index (χ1n) is 9.65. The highest BCUT2D eigenvalue weighted by Crippen LogP contribution is 2.32. The average molecular weight is 396 g/mol. The van der Waals surface area contributed by atoms with Crippen LogP contribution in [0.1, 0.15) is 25.8 Å². The number of aryl methyl sites for hydroxylation is 1. The Kier molecular flexibility index (Phi) is 6.76. The third kappa shape index (κ3) is 4.89. The van der Waals surface area contributed by atoms with Crippen molar-refractivity contribution in [2.45, 2.75) is 26.7 Å². The van der Waals surface area contributed by atoms with Crippen molar-refractivity contribution in [1.29, 1.82) is 0 Å². The SMILES string of the molecule is C/C=C/COc1c(F)cc(-c2ccc(-c3ccc(CCC)cc3)cc2F)cc1F. The second-order valence-electron chi connectivity index (χ2n) is 6.79. The molecule has 0 aliphatic heterocycles. The number of rotatable bonds is 7. The van der Waals surface area contributed by atoms with Gasteiger partial charge < -0.3 is 4.74 Å². The van der Waals surface area contributed by atoms with Crippen LogP contribution < -0.4 is 4.74 Å². The van der Waals surface area contributed by atoms with Gasteiger partial charge in [0, 0.05) is 5.56 Å². The Balaban J connectivity index is 1.88. The Hall–Kier alpha value is -3.01. The van der Waals surface area contributed by atoms with Crippen molar-refractivity contribution in [3.8, 4) is 28.0 Å². The van der Waals surface area contributed by atoms with Gasteiger partial charge in [-0.3, -0.25) is 0 Å². The smallest absolute Gasteiger partial charge is 0.191 e. The van der Waals surface area contributed by atoms with Crippen LogP contribution in [0, 0.1) is 17.5 Å². The summed E-state index contributed by atoms with van der Waals surface area (Å²) in [6, 6.07) is 14.8. The Morgan fingerprint density at radius 3 is 2.00 bits per heavy atom. The van der Waals surface area contributed by atoms with Crippen LogP contribution in [-0.4, -0.2) is 6.61 Å². The van der Waals surface area contributed by atoms with Crippen molar-refractivity contribution in [3.63, 3.8) is 0 Å². The maximum absolute atomic E-state index is 14.7. The number of benzene rings is 3. The fourth-order valence-electron chi connectivity index (χ4n) is 3.16. The molecule has 29 heavy (non-hydrogen) atoms. The third-order valence-electron chi connectivity index (χ3n) is 4.66. The normalized spacial score (nSPS) is 11.2. The van der Waals surface area contributed by atoms with Gasteiger partial charge in [0.05, 0.1) is 0 Å². The molecule has 3 aromatic carbocycles. The van der Waals surface area contributed by atoms with E-state index < -0.39 is 23.2 Å². The molecule has 0 atom stereocenters. The van der Waals surface area contributed by atoms with Crippen LogP contribution in [-0.2, 0) is 6.42 Å². The van der Waals surface area contributed by atoms with E-state index >= 15 is 0 Å². The topological polar surface area (TPSA) is 9.23 Å². The Morgan fingerprint density at radius 1 is 0.793 bits per heavy atom. The maximum atomic E-state index is 14.7. The van der Waals surface area contributed by atoms with E-state index in [1.54, 1.807) is 31.2 Å². The van der Waals surface area contributed by atoms with Crippen molar-refractivity contribution in [2.24, 2.45) is 0 Å². The molecule has 0 aliphatic rings. The molecule has 4 heteroatoms. The molecule has 0 saturated carbocycles. The molecule has 0 amide bonds. The largest absolute Gasteiger partial charge is 0.483 e. The van der Waals surface area contributed by atoms with Gasteiger partial charge in [-0.15, -0.1) is 0 Å². The summed E-state index contributed by atoms with van der Waals surface area (Å²) in [6.45, 7) is 3.96. The summed E-state index contributed by atoms with van der Waals surface area (Å²) < 4.78 is 48.4. The van der Waals surface area contributed by atoms with Crippen molar-refractivity contribution in [3.05, 3.63) is 89.8 Å². The summed E-state index contributed by atoms with van der Waals surface area (Å²) in [4.78, 5) is 0. The third-order valence-corrected chi connectivity index (χ3v) is 4.66. The van der Waals surface area contributed by atoms with E-state index in [1.165, 1.54) is 11.6 Å². The molecule has 0 bridgehead atoms. The highest BCUT2D eigenvalue weighted by Gasteiger charge is 2.16. The van der Waals surface area contributed by atoms with E-state index in [1.807, 2.05) is 24.3 Å². The van der Waals surface area contributed by atoms with Gasteiger partial charge in [-0.1, -0.05) is 61.9 Å². The fraction of sp³-hybridized carbons (Fsp3) is 0.200. The van der Waals surface area contributed by atoms with Crippen LogP contribution in [0.25, 0.3) is 22.3 Å². The minimum Gasteiger partial charge on any atom is -0.483 e. The number of allylic oxidation sites excluding steroid dienone is 1. The van der Waals surface area contributed by atoms with Gasteiger partial charge in [-0.05, 0) is 53.8 Å². The zero-order chi connectivity index (χ0) is 20.8. The first kappa shape index (κ1) is 20.7. The van der Waals surface area contributed by atoms with E-state index in [0.717, 1.165) is 30.5 Å². The minimum atomic E-state index is -0.862. The van der Waals surface area contributed by atoms with Crippen LogP contribution in [0.15, 0.2) is 66.7 Å². The fourth-order valence-corrected chi connectivity index (χ4v) is 3.16. The number of hydrogen-bond donors (Lipinski definition) is 0. The maximum Gasteiger partial charge on any atom is 0.191 e. The molecule has 150 valence electrons. The van der Waals surface area contributed by atoms with Crippen molar-refractivity contribution < 1.29 is 17.9 Å². The molecule has 0 N–H and O–H groups in total. The first-order valence-corrected chi connectivity index (χ1v) is 9.65. The molecule has 0 radical (unpaired) electrons. The molecule has 3 rings (SSSR count). The molecule has 1 nitrogen and oxygen atoms in total. The van der Waals surface area contributed by atoms with Crippen LogP contribution >= 0.6 is 0 Å². The molecule has 0 unspecified atom stereocenters. The van der Waals surface area contributed by atoms with Crippen molar-refractivity contribution in [1.82, 2.24) is 0 Å². The highest BCUT2D eigenvalue weighted by molar-refractivity contribution is 5.71. The lowest BCUT2D eigenvalue weighted by Crippen LogP contribution is -2.00. The van der Waals surface area contributed by atoms with Crippen molar-refractivity contribution in [2.75, 3.05) is 6.61 Å². The van der Waals surface area contributed by atoms with E-state index in [0.29, 0.717) is 5.56 Å². The second kappa shape index (κ2) is 9.46. The van der Waals surface area contributed by atoms with Crippen LogP contribution in [0.4, 0.5) is 13.2 Å². The summed E-state index contributed by atoms with van der Waals surface area (Å²) in [5.41, 5.74) is 3.09. The van der Waals surface area contributed by atoms with Gasteiger partial charge in [0.25, 0.3) is 0 Å². The molecule has 3 aromatic rings. The van der Waals surface area contributed by atoms with E-state index in [-0.39, 0.29) is 17.7 Å². The zero-order valence-corrected chi connectivity index (χ0v) is 16.5. The van der Waals surface area contributed by atoms with Gasteiger partial charge in [-0.25, -0.2) is 13.2 Å². The molecule has 0 heterocycles. The minimum absolute atomic E-state index is 0.0593. The van der Waals surface area contributed by atoms with Gasteiger partial charge >= 0.3 is 0 Å². The lowest BCUT2D eigenvalue weighted by molar-refractivity contribution is 0.320. The van der Waals surface area contributed by atoms with Gasteiger partial charge in [0.1, 0.15) is 12.4 Å². The van der Waals surface area contributed by atoms with Crippen molar-refractivity contribution >= 4 is 0 Å². The first-order chi connectivity index (χ1) is 14.0. The molecular formula is C25H23F3O. The number of halogens is 3. The van der Waals surface area contributed by atoms with Gasteiger partial charge in [-0.2, -0.15) is 0 Å². The summed E-state index contributed by atoms with van der Waals surface area (Å²) in [5.74, 6) is -2.73. The monoisotopic (exact) mass is 396 g/mol. The standard InChI is InChI=1S/C25H23F3O/c1-3-5-13-29-25-23(27)15-20(16-24(25)28)21-12-11-19(14-22(21)26)18-9-7-17(6-4-2)8-10-18/h3,5,7-12,14-16H,4,6,13H2,1-2H3/b5-3+. The number of hydrogen-bond acceptors (Lipinski definition) is 1. The highest BCUT2D eigenvalue weighted by atomic mass is 19.1. The Labute approximate surface area is 169 Å². The summed E-state index contributed by atoms with van der Waals surface area (Å²) in [6.07, 6.45) is 5.42. The Bertz CT molecular complexity index is 984. The van der Waals surface area contributed by atoms with E-state index in [9.17, 15) is 13.2 Å². The van der Waals surface area contributed by atoms with E-state index in [2.05, 4.69) is 6.92 Å². The van der Waals surface area contributed by atoms with Crippen LogP contribution in [0.5, 0.6) is 5.75 Å². The zero-order valence-electron chi connectivity index (χ0n) is 16.5. The average Bonchev–Trinajstić information content (AvgIpc) is 2.71. The summed E-state index contributed by atoms with van der Waals surface area (Å²) >= 11 is 0. The molecular weight excluding hydrogens is 373 g/mol. The summed E-state index contributed by atoms with van der Waals surface area (Å²) in [7, 11) is 0.